The van der Waals surface area contributed by atoms with Crippen molar-refractivity contribution in [2.24, 2.45) is 0 Å². The van der Waals surface area contributed by atoms with Crippen LogP contribution in [0.5, 0.6) is 0 Å². The second-order valence-corrected chi connectivity index (χ2v) is 4.38. The Morgan fingerprint density at radius 3 is 2.83 bits per heavy atom. The first-order valence-corrected chi connectivity index (χ1v) is 6.11. The summed E-state index contributed by atoms with van der Waals surface area (Å²) in [5.41, 5.74) is 0.717. The Bertz CT molecular complexity index is 406. The molecule has 1 unspecified atom stereocenters. The fraction of sp³-hybridized carbons (Fsp3) is 0.500. The Morgan fingerprint density at radius 1 is 1.56 bits per heavy atom. The number of nitrogens with zero attached hydrogens (tertiary/aromatic N) is 1. The molecule has 0 fully saturated rings. The number of nitro groups is 1. The summed E-state index contributed by atoms with van der Waals surface area (Å²) in [5.74, 6) is 0. The van der Waals surface area contributed by atoms with E-state index < -0.39 is 4.92 Å². The molecule has 1 atom stereocenters. The summed E-state index contributed by atoms with van der Waals surface area (Å²) in [4.78, 5) is 10.6. The second-order valence-electron chi connectivity index (χ2n) is 3.94. The molecule has 0 bridgehead atoms. The Kier molecular flexibility index (Phi) is 6.04. The Morgan fingerprint density at radius 2 is 2.28 bits per heavy atom. The Balaban J connectivity index is 2.90. The van der Waals surface area contributed by atoms with Crippen LogP contribution in [0, 0.1) is 10.1 Å². The summed E-state index contributed by atoms with van der Waals surface area (Å²) in [5, 5.41) is 14.6. The van der Waals surface area contributed by atoms with E-state index in [1.165, 1.54) is 6.07 Å². The molecule has 18 heavy (non-hydrogen) atoms. The highest BCUT2D eigenvalue weighted by atomic mass is 35.5. The highest BCUT2D eigenvalue weighted by Gasteiger charge is 2.18. The number of likely N-dealkylation sites (N-methyl/N-ethyl adjacent to an activating group) is 1. The van der Waals surface area contributed by atoms with E-state index in [1.807, 2.05) is 6.92 Å². The lowest BCUT2D eigenvalue weighted by molar-refractivity contribution is -0.385. The SMILES string of the molecule is CCNC(COC)Cc1ccc(Cl)cc1[N+](=O)[O-]. The molecule has 5 nitrogen and oxygen atoms in total. The third kappa shape index (κ3) is 4.25. The van der Waals surface area contributed by atoms with Crippen LogP contribution in [-0.4, -0.2) is 31.2 Å². The maximum atomic E-state index is 11.0. The Labute approximate surface area is 111 Å². The molecule has 0 amide bonds. The molecular weight excluding hydrogens is 256 g/mol. The van der Waals surface area contributed by atoms with Gasteiger partial charge in [0.1, 0.15) is 0 Å². The van der Waals surface area contributed by atoms with Gasteiger partial charge in [-0.1, -0.05) is 24.6 Å². The van der Waals surface area contributed by atoms with Gasteiger partial charge in [-0.3, -0.25) is 10.1 Å². The molecule has 1 aromatic carbocycles. The van der Waals surface area contributed by atoms with Crippen LogP contribution in [0.1, 0.15) is 12.5 Å². The lowest BCUT2D eigenvalue weighted by Gasteiger charge is -2.16. The summed E-state index contributed by atoms with van der Waals surface area (Å²) in [6, 6.07) is 4.80. The molecule has 1 aromatic rings. The minimum atomic E-state index is -0.406. The fourth-order valence-corrected chi connectivity index (χ4v) is 1.99. The molecule has 0 heterocycles. The highest BCUT2D eigenvalue weighted by Crippen LogP contribution is 2.24. The molecular formula is C12H17ClN2O3. The lowest BCUT2D eigenvalue weighted by Crippen LogP contribution is -2.35. The van der Waals surface area contributed by atoms with Crippen LogP contribution in [-0.2, 0) is 11.2 Å². The molecule has 0 aliphatic heterocycles. The number of benzene rings is 1. The number of nitro benzene ring substituents is 1. The normalized spacial score (nSPS) is 12.4. The van der Waals surface area contributed by atoms with Crippen LogP contribution in [0.3, 0.4) is 0 Å². The van der Waals surface area contributed by atoms with E-state index in [2.05, 4.69) is 5.32 Å². The molecule has 0 aromatic heterocycles. The van der Waals surface area contributed by atoms with Crippen LogP contribution >= 0.6 is 11.6 Å². The predicted molar refractivity (Wildman–Crippen MR) is 71.2 cm³/mol. The first-order valence-electron chi connectivity index (χ1n) is 5.73. The van der Waals surface area contributed by atoms with E-state index in [4.69, 9.17) is 16.3 Å². The van der Waals surface area contributed by atoms with Gasteiger partial charge >= 0.3 is 0 Å². The number of hydrogen-bond donors (Lipinski definition) is 1. The van der Waals surface area contributed by atoms with Crippen LogP contribution in [0.4, 0.5) is 5.69 Å². The van der Waals surface area contributed by atoms with Crippen LogP contribution in [0.2, 0.25) is 5.02 Å². The topological polar surface area (TPSA) is 64.4 Å². The molecule has 1 N–H and O–H groups in total. The summed E-state index contributed by atoms with van der Waals surface area (Å²) in [7, 11) is 1.61. The van der Waals surface area contributed by atoms with Gasteiger partial charge in [0.25, 0.3) is 5.69 Å². The number of ether oxygens (including phenoxy) is 1. The van der Waals surface area contributed by atoms with Crippen molar-refractivity contribution in [1.29, 1.82) is 0 Å². The zero-order valence-electron chi connectivity index (χ0n) is 10.5. The molecule has 0 aliphatic rings. The lowest BCUT2D eigenvalue weighted by atomic mass is 10.0. The van der Waals surface area contributed by atoms with E-state index in [0.29, 0.717) is 23.6 Å². The third-order valence-corrected chi connectivity index (χ3v) is 2.81. The van der Waals surface area contributed by atoms with E-state index in [0.717, 1.165) is 6.54 Å². The van der Waals surface area contributed by atoms with E-state index >= 15 is 0 Å². The third-order valence-electron chi connectivity index (χ3n) is 2.57. The Hall–Kier alpha value is -1.17. The van der Waals surface area contributed by atoms with Crippen LogP contribution in [0.15, 0.2) is 18.2 Å². The van der Waals surface area contributed by atoms with Gasteiger partial charge in [0.2, 0.25) is 0 Å². The average Bonchev–Trinajstić information content (AvgIpc) is 2.32. The summed E-state index contributed by atoms with van der Waals surface area (Å²) in [6.45, 7) is 3.28. The van der Waals surface area contributed by atoms with Gasteiger partial charge in [-0.25, -0.2) is 0 Å². The number of hydrogen-bond acceptors (Lipinski definition) is 4. The standard InChI is InChI=1S/C12H17ClN2O3/c1-3-14-11(8-18-2)6-9-4-5-10(13)7-12(9)15(16)17/h4-5,7,11,14H,3,6,8H2,1-2H3. The summed E-state index contributed by atoms with van der Waals surface area (Å²) in [6.07, 6.45) is 0.537. The molecule has 0 saturated heterocycles. The molecule has 100 valence electrons. The number of rotatable bonds is 7. The maximum Gasteiger partial charge on any atom is 0.274 e. The quantitative estimate of drug-likeness (QED) is 0.611. The number of nitrogens with one attached hydrogen (secondary N) is 1. The van der Waals surface area contributed by atoms with Crippen molar-refractivity contribution in [3.8, 4) is 0 Å². The zero-order valence-corrected chi connectivity index (χ0v) is 11.2. The molecule has 1 rings (SSSR count). The van der Waals surface area contributed by atoms with E-state index in [-0.39, 0.29) is 11.7 Å². The molecule has 0 radical (unpaired) electrons. The van der Waals surface area contributed by atoms with Crippen LogP contribution < -0.4 is 5.32 Å². The monoisotopic (exact) mass is 272 g/mol. The van der Waals surface area contributed by atoms with Gasteiger partial charge in [-0.15, -0.1) is 0 Å². The van der Waals surface area contributed by atoms with Gasteiger partial charge in [0.15, 0.2) is 0 Å². The van der Waals surface area contributed by atoms with Gasteiger partial charge in [-0.2, -0.15) is 0 Å². The van der Waals surface area contributed by atoms with Crippen molar-refractivity contribution >= 4 is 17.3 Å². The van der Waals surface area contributed by atoms with Crippen molar-refractivity contribution in [3.05, 3.63) is 38.9 Å². The van der Waals surface area contributed by atoms with Crippen molar-refractivity contribution in [2.45, 2.75) is 19.4 Å². The second kappa shape index (κ2) is 7.31. The van der Waals surface area contributed by atoms with E-state index in [1.54, 1.807) is 19.2 Å². The molecule has 0 aliphatic carbocycles. The van der Waals surface area contributed by atoms with Crippen molar-refractivity contribution in [1.82, 2.24) is 5.32 Å². The zero-order chi connectivity index (χ0) is 13.5. The molecule has 6 heteroatoms. The van der Waals surface area contributed by atoms with Gasteiger partial charge < -0.3 is 10.1 Å². The molecule has 0 saturated carbocycles. The smallest absolute Gasteiger partial charge is 0.274 e. The maximum absolute atomic E-state index is 11.0. The number of methoxy groups -OCH3 is 1. The first kappa shape index (κ1) is 14.9. The number of halogens is 1. The van der Waals surface area contributed by atoms with Crippen LogP contribution in [0.25, 0.3) is 0 Å². The summed E-state index contributed by atoms with van der Waals surface area (Å²) < 4.78 is 5.09. The average molecular weight is 273 g/mol. The van der Waals surface area contributed by atoms with Gasteiger partial charge in [0, 0.05) is 29.8 Å². The van der Waals surface area contributed by atoms with Crippen molar-refractivity contribution in [2.75, 3.05) is 20.3 Å². The van der Waals surface area contributed by atoms with E-state index in [9.17, 15) is 10.1 Å². The van der Waals surface area contributed by atoms with Crippen molar-refractivity contribution in [3.63, 3.8) is 0 Å². The largest absolute Gasteiger partial charge is 0.383 e. The van der Waals surface area contributed by atoms with Gasteiger partial charge in [-0.05, 0) is 19.0 Å². The first-order chi connectivity index (χ1) is 8.58. The summed E-state index contributed by atoms with van der Waals surface area (Å²) >= 11 is 5.78. The highest BCUT2D eigenvalue weighted by molar-refractivity contribution is 6.30. The van der Waals surface area contributed by atoms with Crippen molar-refractivity contribution < 1.29 is 9.66 Å². The minimum absolute atomic E-state index is 0.0554. The fourth-order valence-electron chi connectivity index (χ4n) is 1.82. The predicted octanol–water partition coefficient (Wildman–Crippen LogP) is 2.42. The molecule has 0 spiro atoms. The minimum Gasteiger partial charge on any atom is -0.383 e. The van der Waals surface area contributed by atoms with Gasteiger partial charge in [0.05, 0.1) is 11.5 Å².